The Kier molecular flexibility index (Phi) is 6.28. The van der Waals surface area contributed by atoms with Gasteiger partial charge in [0.2, 0.25) is 0 Å². The highest BCUT2D eigenvalue weighted by Gasteiger charge is 2.13. The van der Waals surface area contributed by atoms with Gasteiger partial charge < -0.3 is 10.6 Å². The molecule has 0 aliphatic carbocycles. The molecule has 1 heterocycles. The fraction of sp³-hybridized carbons (Fsp3) is 0.0345. The second kappa shape index (κ2) is 9.83. The number of fused-ring (bicyclic) bond motifs is 1. The Balaban J connectivity index is 1.45. The van der Waals surface area contributed by atoms with Gasteiger partial charge >= 0.3 is 0 Å². The molecule has 0 unspecified atom stereocenters. The zero-order valence-electron chi connectivity index (χ0n) is 19.0. The molecule has 5 aromatic rings. The van der Waals surface area contributed by atoms with Gasteiger partial charge in [0, 0.05) is 28.1 Å². The van der Waals surface area contributed by atoms with E-state index < -0.39 is 0 Å². The van der Waals surface area contributed by atoms with Crippen LogP contribution in [0.5, 0.6) is 0 Å². The summed E-state index contributed by atoms with van der Waals surface area (Å²) in [6.07, 6.45) is 0. The van der Waals surface area contributed by atoms with E-state index in [-0.39, 0.29) is 5.78 Å². The van der Waals surface area contributed by atoms with Crippen molar-refractivity contribution in [3.8, 4) is 22.5 Å². The van der Waals surface area contributed by atoms with E-state index in [1.165, 1.54) is 0 Å². The molecule has 35 heavy (non-hydrogen) atoms. The first-order chi connectivity index (χ1) is 17.1. The SMILES string of the molecule is CC(=O)c1ccc(NC(=S)Nc2ccc3nc(-c4ccccc4)c(-c4ccccc4)nc3c2)cc1. The quantitative estimate of drug-likeness (QED) is 0.212. The van der Waals surface area contributed by atoms with Crippen molar-refractivity contribution in [2.24, 2.45) is 0 Å². The van der Waals surface area contributed by atoms with Crippen LogP contribution in [0.1, 0.15) is 17.3 Å². The summed E-state index contributed by atoms with van der Waals surface area (Å²) in [4.78, 5) is 21.4. The van der Waals surface area contributed by atoms with Crippen LogP contribution in [-0.4, -0.2) is 20.9 Å². The number of Topliss-reactive ketones (excluding diaryl/α,β-unsaturated/α-hetero) is 1. The second-order valence-electron chi connectivity index (χ2n) is 8.07. The van der Waals surface area contributed by atoms with Crippen molar-refractivity contribution in [1.29, 1.82) is 0 Å². The van der Waals surface area contributed by atoms with Crippen LogP contribution >= 0.6 is 12.2 Å². The van der Waals surface area contributed by atoms with Crippen LogP contribution in [0.4, 0.5) is 11.4 Å². The molecular weight excluding hydrogens is 452 g/mol. The Hall–Kier alpha value is -4.42. The number of aromatic nitrogens is 2. The second-order valence-corrected chi connectivity index (χ2v) is 8.48. The van der Waals surface area contributed by atoms with Crippen molar-refractivity contribution in [3.63, 3.8) is 0 Å². The molecule has 1 aromatic heterocycles. The zero-order chi connectivity index (χ0) is 24.2. The number of carbonyl (C=O) groups excluding carboxylic acids is 1. The lowest BCUT2D eigenvalue weighted by Crippen LogP contribution is -2.19. The number of hydrogen-bond acceptors (Lipinski definition) is 4. The Morgan fingerprint density at radius 3 is 1.74 bits per heavy atom. The van der Waals surface area contributed by atoms with Crippen LogP contribution in [0.3, 0.4) is 0 Å². The number of benzene rings is 4. The Morgan fingerprint density at radius 2 is 1.17 bits per heavy atom. The van der Waals surface area contributed by atoms with Crippen molar-refractivity contribution in [1.82, 2.24) is 9.97 Å². The topological polar surface area (TPSA) is 66.9 Å². The number of nitrogens with one attached hydrogen (secondary N) is 2. The van der Waals surface area contributed by atoms with Crippen molar-refractivity contribution in [2.45, 2.75) is 6.92 Å². The fourth-order valence-electron chi connectivity index (χ4n) is 3.81. The predicted octanol–water partition coefficient (Wildman–Crippen LogP) is 6.98. The number of thiocarbonyl (C=S) groups is 1. The molecule has 2 N–H and O–H groups in total. The van der Waals surface area contributed by atoms with Gasteiger partial charge in [0.25, 0.3) is 0 Å². The molecule has 0 radical (unpaired) electrons. The Labute approximate surface area is 208 Å². The van der Waals surface area contributed by atoms with Gasteiger partial charge in [-0.15, -0.1) is 0 Å². The summed E-state index contributed by atoms with van der Waals surface area (Å²) in [5.41, 5.74) is 7.52. The van der Waals surface area contributed by atoms with Crippen LogP contribution in [0.25, 0.3) is 33.5 Å². The van der Waals surface area contributed by atoms with E-state index in [0.29, 0.717) is 10.7 Å². The smallest absolute Gasteiger partial charge is 0.175 e. The van der Waals surface area contributed by atoms with Crippen molar-refractivity contribution in [2.75, 3.05) is 10.6 Å². The minimum absolute atomic E-state index is 0.0276. The van der Waals surface area contributed by atoms with Gasteiger partial charge in [-0.25, -0.2) is 9.97 Å². The summed E-state index contributed by atoms with van der Waals surface area (Å²) in [6, 6.07) is 33.2. The highest BCUT2D eigenvalue weighted by Crippen LogP contribution is 2.31. The van der Waals surface area contributed by atoms with E-state index in [9.17, 15) is 4.79 Å². The molecule has 0 bridgehead atoms. The third kappa shape index (κ3) is 5.08. The third-order valence-corrected chi connectivity index (χ3v) is 5.77. The van der Waals surface area contributed by atoms with Gasteiger partial charge in [0.15, 0.2) is 10.9 Å². The number of nitrogens with zero attached hydrogens (tertiary/aromatic N) is 2. The molecular formula is C29H22N4OS. The number of carbonyl (C=O) groups is 1. The summed E-state index contributed by atoms with van der Waals surface area (Å²) in [5.74, 6) is 0.0276. The number of ketones is 1. The van der Waals surface area contributed by atoms with Gasteiger partial charge in [0.1, 0.15) is 0 Å². The molecule has 4 aromatic carbocycles. The van der Waals surface area contributed by atoms with Crippen molar-refractivity contribution < 1.29 is 4.79 Å². The summed E-state index contributed by atoms with van der Waals surface area (Å²) < 4.78 is 0. The first kappa shape index (κ1) is 22.4. The lowest BCUT2D eigenvalue weighted by molar-refractivity contribution is 0.101. The molecule has 5 rings (SSSR count). The fourth-order valence-corrected chi connectivity index (χ4v) is 4.04. The molecule has 0 saturated heterocycles. The van der Waals surface area contributed by atoms with Gasteiger partial charge in [-0.3, -0.25) is 4.79 Å². The maximum Gasteiger partial charge on any atom is 0.175 e. The maximum atomic E-state index is 11.5. The van der Waals surface area contributed by atoms with Crippen LogP contribution in [0.15, 0.2) is 103 Å². The number of hydrogen-bond donors (Lipinski definition) is 2. The molecule has 170 valence electrons. The van der Waals surface area contributed by atoms with E-state index in [1.54, 1.807) is 19.1 Å². The van der Waals surface area contributed by atoms with Crippen molar-refractivity contribution >= 4 is 45.5 Å². The molecule has 0 amide bonds. The van der Waals surface area contributed by atoms with Gasteiger partial charge in [0.05, 0.1) is 22.4 Å². The van der Waals surface area contributed by atoms with E-state index >= 15 is 0 Å². The normalized spacial score (nSPS) is 10.7. The summed E-state index contributed by atoms with van der Waals surface area (Å²) in [5, 5.41) is 6.80. The van der Waals surface area contributed by atoms with E-state index in [0.717, 1.165) is 44.9 Å². The van der Waals surface area contributed by atoms with Crippen molar-refractivity contribution in [3.05, 3.63) is 109 Å². The first-order valence-corrected chi connectivity index (χ1v) is 11.6. The molecule has 5 nitrogen and oxygen atoms in total. The van der Waals surface area contributed by atoms with Gasteiger partial charge in [-0.2, -0.15) is 0 Å². The minimum atomic E-state index is 0.0276. The Bertz CT molecular complexity index is 1520. The number of rotatable bonds is 5. The highest BCUT2D eigenvalue weighted by molar-refractivity contribution is 7.80. The monoisotopic (exact) mass is 474 g/mol. The predicted molar refractivity (Wildman–Crippen MR) is 147 cm³/mol. The molecule has 0 atom stereocenters. The zero-order valence-corrected chi connectivity index (χ0v) is 19.8. The standard InChI is InChI=1S/C29H22N4OS/c1-19(34)20-12-14-23(15-13-20)30-29(35)31-24-16-17-25-26(18-24)33-28(22-10-6-3-7-11-22)27(32-25)21-8-4-2-5-9-21/h2-18H,1H3,(H2,30,31,35). The average Bonchev–Trinajstić information content (AvgIpc) is 2.89. The molecule has 0 spiro atoms. The van der Waals surface area contributed by atoms with E-state index in [2.05, 4.69) is 10.6 Å². The molecule has 0 aliphatic rings. The molecule has 6 heteroatoms. The maximum absolute atomic E-state index is 11.5. The lowest BCUT2D eigenvalue weighted by atomic mass is 10.0. The minimum Gasteiger partial charge on any atom is -0.332 e. The Morgan fingerprint density at radius 1 is 0.657 bits per heavy atom. The molecule has 0 saturated carbocycles. The van der Waals surface area contributed by atoms with E-state index in [1.807, 2.05) is 91.0 Å². The summed E-state index contributed by atoms with van der Waals surface area (Å²) in [7, 11) is 0. The molecule has 0 fully saturated rings. The average molecular weight is 475 g/mol. The van der Waals surface area contributed by atoms with Crippen LogP contribution in [-0.2, 0) is 0 Å². The van der Waals surface area contributed by atoms with E-state index in [4.69, 9.17) is 22.2 Å². The van der Waals surface area contributed by atoms with Gasteiger partial charge in [-0.1, -0.05) is 60.7 Å². The first-order valence-electron chi connectivity index (χ1n) is 11.2. The largest absolute Gasteiger partial charge is 0.332 e. The lowest BCUT2D eigenvalue weighted by Gasteiger charge is -2.13. The van der Waals surface area contributed by atoms with Crippen LogP contribution in [0.2, 0.25) is 0 Å². The summed E-state index contributed by atoms with van der Waals surface area (Å²) >= 11 is 5.49. The highest BCUT2D eigenvalue weighted by atomic mass is 32.1. The van der Waals surface area contributed by atoms with Crippen LogP contribution in [0, 0.1) is 0 Å². The van der Waals surface area contributed by atoms with Gasteiger partial charge in [-0.05, 0) is 61.6 Å². The number of anilines is 2. The third-order valence-electron chi connectivity index (χ3n) is 5.57. The molecule has 0 aliphatic heterocycles. The van der Waals surface area contributed by atoms with Crippen LogP contribution < -0.4 is 10.6 Å². The summed E-state index contributed by atoms with van der Waals surface area (Å²) in [6.45, 7) is 1.54.